The molecule has 1 saturated heterocycles. The minimum atomic E-state index is -0.490. The molecule has 2 rings (SSSR count). The minimum absolute atomic E-state index is 0.0604. The summed E-state index contributed by atoms with van der Waals surface area (Å²) in [5.74, 6) is 1.32. The van der Waals surface area contributed by atoms with Gasteiger partial charge in [0.15, 0.2) is 0 Å². The smallest absolute Gasteiger partial charge is 0.410 e. The molecule has 24 heavy (non-hydrogen) atoms. The van der Waals surface area contributed by atoms with Crippen LogP contribution >= 0.6 is 0 Å². The van der Waals surface area contributed by atoms with Crippen LogP contribution < -0.4 is 5.32 Å². The Labute approximate surface area is 143 Å². The second-order valence-electron chi connectivity index (χ2n) is 7.43. The van der Waals surface area contributed by atoms with Crippen LogP contribution in [0, 0.1) is 20.8 Å². The lowest BCUT2D eigenvalue weighted by molar-refractivity contribution is 0.0199. The fourth-order valence-electron chi connectivity index (χ4n) is 2.92. The van der Waals surface area contributed by atoms with Crippen LogP contribution in [-0.2, 0) is 4.74 Å². The first-order valence-corrected chi connectivity index (χ1v) is 8.44. The number of likely N-dealkylation sites (tertiary alicyclic amines) is 1. The van der Waals surface area contributed by atoms with Gasteiger partial charge in [-0.15, -0.1) is 0 Å². The summed E-state index contributed by atoms with van der Waals surface area (Å²) in [5.41, 5.74) is 1.02. The van der Waals surface area contributed by atoms with Gasteiger partial charge in [-0.3, -0.25) is 4.79 Å². The summed E-state index contributed by atoms with van der Waals surface area (Å²) in [5, 5.41) is 3.06. The largest absolute Gasteiger partial charge is 0.466 e. The first-order valence-electron chi connectivity index (χ1n) is 8.44. The molecule has 0 radical (unpaired) electrons. The van der Waals surface area contributed by atoms with E-state index in [1.54, 1.807) is 11.8 Å². The molecule has 6 nitrogen and oxygen atoms in total. The number of carbonyl (C=O) groups excluding carboxylic acids is 2. The Bertz CT molecular complexity index is 620. The Kier molecular flexibility index (Phi) is 5.26. The maximum Gasteiger partial charge on any atom is 0.410 e. The first-order chi connectivity index (χ1) is 11.1. The van der Waals surface area contributed by atoms with Crippen molar-refractivity contribution in [2.75, 3.05) is 13.1 Å². The number of aryl methyl sites for hydroxylation is 2. The molecule has 1 aromatic rings. The Morgan fingerprint density at radius 2 is 1.71 bits per heavy atom. The number of nitrogens with one attached hydrogen (secondary N) is 1. The lowest BCUT2D eigenvalue weighted by atomic mass is 10.0. The summed E-state index contributed by atoms with van der Waals surface area (Å²) in [6.45, 7) is 12.3. The Balaban J connectivity index is 1.89. The van der Waals surface area contributed by atoms with Crippen molar-refractivity contribution in [3.8, 4) is 0 Å². The third kappa shape index (κ3) is 4.30. The molecule has 0 saturated carbocycles. The average molecular weight is 336 g/mol. The van der Waals surface area contributed by atoms with Crippen molar-refractivity contribution in [3.05, 3.63) is 22.6 Å². The van der Waals surface area contributed by atoms with Gasteiger partial charge in [0.1, 0.15) is 17.1 Å². The number of hydrogen-bond donors (Lipinski definition) is 1. The molecular weight excluding hydrogens is 308 g/mol. The van der Waals surface area contributed by atoms with Gasteiger partial charge in [0.25, 0.3) is 5.91 Å². The first kappa shape index (κ1) is 18.4. The van der Waals surface area contributed by atoms with Gasteiger partial charge in [-0.2, -0.15) is 0 Å². The standard InChI is InChI=1S/C18H28N2O4/c1-11-12(2)23-13(3)15(11)16(21)19-14-7-9-20(10-8-14)17(22)24-18(4,5)6/h14H,7-10H2,1-6H3,(H,19,21). The summed E-state index contributed by atoms with van der Waals surface area (Å²) in [6.07, 6.45) is 1.16. The van der Waals surface area contributed by atoms with Gasteiger partial charge in [-0.1, -0.05) is 0 Å². The molecule has 1 aromatic heterocycles. The minimum Gasteiger partial charge on any atom is -0.466 e. The van der Waals surface area contributed by atoms with Crippen molar-refractivity contribution >= 4 is 12.0 Å². The maximum atomic E-state index is 12.5. The van der Waals surface area contributed by atoms with Gasteiger partial charge in [-0.25, -0.2) is 4.79 Å². The van der Waals surface area contributed by atoms with E-state index >= 15 is 0 Å². The monoisotopic (exact) mass is 336 g/mol. The third-order valence-electron chi connectivity index (χ3n) is 4.27. The molecule has 0 bridgehead atoms. The quantitative estimate of drug-likeness (QED) is 0.899. The summed E-state index contributed by atoms with van der Waals surface area (Å²) in [7, 11) is 0. The SMILES string of the molecule is Cc1oc(C)c(C(=O)NC2CCN(C(=O)OC(C)(C)C)CC2)c1C. The van der Waals surface area contributed by atoms with E-state index in [1.165, 1.54) is 0 Å². The number of rotatable bonds is 2. The Hall–Kier alpha value is -1.98. The van der Waals surface area contributed by atoms with Crippen molar-refractivity contribution < 1.29 is 18.7 Å². The van der Waals surface area contributed by atoms with E-state index in [9.17, 15) is 9.59 Å². The van der Waals surface area contributed by atoms with Crippen LogP contribution in [0.15, 0.2) is 4.42 Å². The van der Waals surface area contributed by atoms with E-state index in [0.29, 0.717) is 24.4 Å². The second kappa shape index (κ2) is 6.87. The average Bonchev–Trinajstić information content (AvgIpc) is 2.71. The lowest BCUT2D eigenvalue weighted by Gasteiger charge is -2.33. The van der Waals surface area contributed by atoms with Crippen LogP contribution in [0.5, 0.6) is 0 Å². The predicted molar refractivity (Wildman–Crippen MR) is 91.2 cm³/mol. The molecule has 1 N–H and O–H groups in total. The maximum absolute atomic E-state index is 12.5. The normalized spacial score (nSPS) is 16.2. The van der Waals surface area contributed by atoms with Gasteiger partial charge >= 0.3 is 6.09 Å². The highest BCUT2D eigenvalue weighted by Gasteiger charge is 2.28. The second-order valence-corrected chi connectivity index (χ2v) is 7.43. The Morgan fingerprint density at radius 3 is 2.17 bits per heavy atom. The molecule has 0 spiro atoms. The van der Waals surface area contributed by atoms with E-state index in [1.807, 2.05) is 34.6 Å². The molecule has 0 atom stereocenters. The molecule has 2 heterocycles. The highest BCUT2D eigenvalue weighted by atomic mass is 16.6. The highest BCUT2D eigenvalue weighted by Crippen LogP contribution is 2.21. The Morgan fingerprint density at radius 1 is 1.12 bits per heavy atom. The van der Waals surface area contributed by atoms with Crippen LogP contribution in [0.2, 0.25) is 0 Å². The summed E-state index contributed by atoms with van der Waals surface area (Å²) < 4.78 is 10.9. The molecule has 0 unspecified atom stereocenters. The fourth-order valence-corrected chi connectivity index (χ4v) is 2.92. The van der Waals surface area contributed by atoms with E-state index in [4.69, 9.17) is 9.15 Å². The van der Waals surface area contributed by atoms with Crippen molar-refractivity contribution in [3.63, 3.8) is 0 Å². The van der Waals surface area contributed by atoms with Crippen LogP contribution in [0.3, 0.4) is 0 Å². The van der Waals surface area contributed by atoms with Crippen LogP contribution in [0.25, 0.3) is 0 Å². The zero-order valence-electron chi connectivity index (χ0n) is 15.5. The third-order valence-corrected chi connectivity index (χ3v) is 4.27. The number of piperidine rings is 1. The molecule has 1 aliphatic heterocycles. The highest BCUT2D eigenvalue weighted by molar-refractivity contribution is 5.97. The molecule has 1 fully saturated rings. The summed E-state index contributed by atoms with van der Waals surface area (Å²) >= 11 is 0. The summed E-state index contributed by atoms with van der Waals surface area (Å²) in [6, 6.07) is 0.0604. The van der Waals surface area contributed by atoms with Gasteiger partial charge in [0.2, 0.25) is 0 Å². The van der Waals surface area contributed by atoms with Gasteiger partial charge in [-0.05, 0) is 54.4 Å². The van der Waals surface area contributed by atoms with Crippen LogP contribution in [0.4, 0.5) is 4.79 Å². The van der Waals surface area contributed by atoms with Crippen molar-refractivity contribution in [1.82, 2.24) is 10.2 Å². The molecule has 0 aromatic carbocycles. The molecular formula is C18H28N2O4. The van der Waals surface area contributed by atoms with E-state index in [0.717, 1.165) is 24.2 Å². The topological polar surface area (TPSA) is 71.8 Å². The van der Waals surface area contributed by atoms with E-state index in [2.05, 4.69) is 5.32 Å². The van der Waals surface area contributed by atoms with Crippen LogP contribution in [0.1, 0.15) is 61.1 Å². The van der Waals surface area contributed by atoms with Gasteiger partial charge in [0.05, 0.1) is 5.56 Å². The van der Waals surface area contributed by atoms with Gasteiger partial charge in [0, 0.05) is 24.7 Å². The molecule has 1 aliphatic rings. The van der Waals surface area contributed by atoms with Crippen LogP contribution in [-0.4, -0.2) is 41.6 Å². The van der Waals surface area contributed by atoms with Gasteiger partial charge < -0.3 is 19.4 Å². The zero-order valence-corrected chi connectivity index (χ0v) is 15.5. The summed E-state index contributed by atoms with van der Waals surface area (Å²) in [4.78, 5) is 26.3. The zero-order chi connectivity index (χ0) is 18.1. The van der Waals surface area contributed by atoms with Crippen molar-refractivity contribution in [2.24, 2.45) is 0 Å². The van der Waals surface area contributed by atoms with Crippen molar-refractivity contribution in [1.29, 1.82) is 0 Å². The molecule has 134 valence electrons. The van der Waals surface area contributed by atoms with E-state index in [-0.39, 0.29) is 18.0 Å². The predicted octanol–water partition coefficient (Wildman–Crippen LogP) is 3.33. The van der Waals surface area contributed by atoms with E-state index < -0.39 is 5.60 Å². The molecule has 2 amide bonds. The number of carbonyl (C=O) groups is 2. The number of nitrogens with zero attached hydrogens (tertiary/aromatic N) is 1. The number of hydrogen-bond acceptors (Lipinski definition) is 4. The lowest BCUT2D eigenvalue weighted by Crippen LogP contribution is -2.47. The number of furan rings is 1. The fraction of sp³-hybridized carbons (Fsp3) is 0.667. The molecule has 6 heteroatoms. The number of amides is 2. The van der Waals surface area contributed by atoms with Crippen molar-refractivity contribution in [2.45, 2.75) is 66.0 Å². The number of ether oxygens (including phenoxy) is 1. The molecule has 0 aliphatic carbocycles.